The number of β-lactam (4-membered cyclic amide) rings is 1. The Morgan fingerprint density at radius 3 is 2.29 bits per heavy atom. The number of halogens is 2. The standard InChI is InChI=1S/C24H15ClFN3O5/c1-12-5-10-15(11-17(12)25)27-20(13-6-8-14(26)9-7-13)21(24(27)32)28-22(30)16-3-2-4-18(29(33)34)19(16)23(28)31/h2-11,20-21H,1H3/t20-,21-/m0/s1. The van der Waals surface area contributed by atoms with Gasteiger partial charge >= 0.3 is 0 Å². The molecule has 0 aliphatic carbocycles. The summed E-state index contributed by atoms with van der Waals surface area (Å²) in [6.07, 6.45) is 0. The van der Waals surface area contributed by atoms with Crippen LogP contribution in [0.1, 0.15) is 37.9 Å². The fourth-order valence-electron chi connectivity index (χ4n) is 4.43. The van der Waals surface area contributed by atoms with Crippen molar-refractivity contribution in [2.24, 2.45) is 0 Å². The Morgan fingerprint density at radius 1 is 0.941 bits per heavy atom. The van der Waals surface area contributed by atoms with Gasteiger partial charge in [-0.1, -0.05) is 35.9 Å². The topological polar surface area (TPSA) is 101 Å². The van der Waals surface area contributed by atoms with Crippen LogP contribution in [-0.4, -0.2) is 33.6 Å². The number of carbonyl (C=O) groups is 3. The lowest BCUT2D eigenvalue weighted by molar-refractivity contribution is -0.385. The number of aryl methyl sites for hydroxylation is 1. The Labute approximate surface area is 197 Å². The number of rotatable bonds is 4. The van der Waals surface area contributed by atoms with Crippen LogP contribution >= 0.6 is 11.6 Å². The maximum atomic E-state index is 13.6. The minimum Gasteiger partial charge on any atom is -0.300 e. The molecule has 8 nitrogen and oxygen atoms in total. The van der Waals surface area contributed by atoms with Gasteiger partial charge in [0.25, 0.3) is 23.4 Å². The summed E-state index contributed by atoms with van der Waals surface area (Å²) in [5.74, 6) is -2.77. The summed E-state index contributed by atoms with van der Waals surface area (Å²) < 4.78 is 13.6. The molecule has 2 aliphatic heterocycles. The lowest BCUT2D eigenvalue weighted by atomic mass is 9.86. The van der Waals surface area contributed by atoms with E-state index in [9.17, 15) is 28.9 Å². The molecule has 0 aromatic heterocycles. The maximum absolute atomic E-state index is 13.6. The van der Waals surface area contributed by atoms with Gasteiger partial charge in [0.05, 0.1) is 16.5 Å². The van der Waals surface area contributed by atoms with Crippen LogP contribution in [0.2, 0.25) is 5.02 Å². The highest BCUT2D eigenvalue weighted by Crippen LogP contribution is 2.45. The van der Waals surface area contributed by atoms with Gasteiger partial charge in [-0.2, -0.15) is 0 Å². The molecule has 2 atom stereocenters. The molecule has 2 heterocycles. The zero-order valence-electron chi connectivity index (χ0n) is 17.6. The van der Waals surface area contributed by atoms with Gasteiger partial charge in [0.2, 0.25) is 0 Å². The van der Waals surface area contributed by atoms with Crippen molar-refractivity contribution in [3.05, 3.63) is 104 Å². The quantitative estimate of drug-likeness (QED) is 0.238. The Balaban J connectivity index is 1.61. The zero-order chi connectivity index (χ0) is 24.3. The van der Waals surface area contributed by atoms with Crippen molar-refractivity contribution in [2.45, 2.75) is 19.0 Å². The van der Waals surface area contributed by atoms with E-state index in [0.717, 1.165) is 16.5 Å². The first kappa shape index (κ1) is 21.7. The number of nitrogens with zero attached hydrogens (tertiary/aromatic N) is 3. The van der Waals surface area contributed by atoms with E-state index in [1.54, 1.807) is 25.1 Å². The summed E-state index contributed by atoms with van der Waals surface area (Å²) in [5, 5.41) is 11.9. The zero-order valence-corrected chi connectivity index (χ0v) is 18.3. The van der Waals surface area contributed by atoms with E-state index in [1.807, 2.05) is 0 Å². The molecule has 3 aromatic rings. The monoisotopic (exact) mass is 479 g/mol. The lowest BCUT2D eigenvalue weighted by Gasteiger charge is -2.49. The van der Waals surface area contributed by atoms with Gasteiger partial charge < -0.3 is 4.90 Å². The molecule has 1 saturated heterocycles. The molecule has 170 valence electrons. The first-order valence-corrected chi connectivity index (χ1v) is 10.6. The SMILES string of the molecule is Cc1ccc(N2C(=O)[C@@H](N3C(=O)c4cccc([N+](=O)[O-])c4C3=O)[C@@H]2c2ccc(F)cc2)cc1Cl. The average Bonchev–Trinajstić information content (AvgIpc) is 3.05. The highest BCUT2D eigenvalue weighted by molar-refractivity contribution is 6.32. The molecule has 5 rings (SSSR count). The second-order valence-electron chi connectivity index (χ2n) is 8.02. The summed E-state index contributed by atoms with van der Waals surface area (Å²) in [6, 6.07) is 12.0. The maximum Gasteiger partial charge on any atom is 0.282 e. The summed E-state index contributed by atoms with van der Waals surface area (Å²) in [7, 11) is 0. The second kappa shape index (κ2) is 7.74. The lowest BCUT2D eigenvalue weighted by Crippen LogP contribution is -2.67. The third-order valence-electron chi connectivity index (χ3n) is 6.11. The minimum atomic E-state index is -1.27. The molecule has 0 radical (unpaired) electrons. The van der Waals surface area contributed by atoms with Crippen molar-refractivity contribution in [2.75, 3.05) is 4.90 Å². The van der Waals surface area contributed by atoms with Crippen LogP contribution < -0.4 is 4.90 Å². The Morgan fingerprint density at radius 2 is 1.65 bits per heavy atom. The number of nitro groups is 1. The van der Waals surface area contributed by atoms with Crippen molar-refractivity contribution in [3.63, 3.8) is 0 Å². The van der Waals surface area contributed by atoms with Crippen LogP contribution in [0.15, 0.2) is 60.7 Å². The predicted octanol–water partition coefficient (Wildman–Crippen LogP) is 4.45. The normalized spacial score (nSPS) is 19.3. The summed E-state index contributed by atoms with van der Waals surface area (Å²) in [6.45, 7) is 1.80. The fourth-order valence-corrected chi connectivity index (χ4v) is 4.60. The highest BCUT2D eigenvalue weighted by Gasteiger charge is 2.58. The molecule has 0 saturated carbocycles. The molecule has 0 unspecified atom stereocenters. The molecule has 0 spiro atoms. The largest absolute Gasteiger partial charge is 0.300 e. The van der Waals surface area contributed by atoms with Gasteiger partial charge in [0.15, 0.2) is 0 Å². The third-order valence-corrected chi connectivity index (χ3v) is 6.52. The fraction of sp³-hybridized carbons (Fsp3) is 0.125. The van der Waals surface area contributed by atoms with Gasteiger partial charge in [-0.05, 0) is 48.4 Å². The van der Waals surface area contributed by atoms with Crippen molar-refractivity contribution < 1.29 is 23.7 Å². The first-order chi connectivity index (χ1) is 16.2. The van der Waals surface area contributed by atoms with E-state index in [-0.39, 0.29) is 11.1 Å². The number of fused-ring (bicyclic) bond motifs is 1. The number of nitro benzene ring substituents is 1. The molecule has 10 heteroatoms. The number of hydrogen-bond donors (Lipinski definition) is 0. The van der Waals surface area contributed by atoms with Crippen LogP contribution in [0.5, 0.6) is 0 Å². The molecule has 34 heavy (non-hydrogen) atoms. The molecule has 3 aromatic carbocycles. The summed E-state index contributed by atoms with van der Waals surface area (Å²) in [5.41, 5.74) is 0.718. The smallest absolute Gasteiger partial charge is 0.282 e. The van der Waals surface area contributed by atoms with Crippen LogP contribution in [0, 0.1) is 22.9 Å². The van der Waals surface area contributed by atoms with Gasteiger partial charge in [0, 0.05) is 16.8 Å². The first-order valence-electron chi connectivity index (χ1n) is 10.2. The molecule has 3 amide bonds. The molecular weight excluding hydrogens is 465 g/mol. The number of hydrogen-bond acceptors (Lipinski definition) is 5. The molecular formula is C24H15ClFN3O5. The highest BCUT2D eigenvalue weighted by atomic mass is 35.5. The number of carbonyl (C=O) groups excluding carboxylic acids is 3. The number of anilines is 1. The van der Waals surface area contributed by atoms with E-state index in [1.165, 1.54) is 41.3 Å². The van der Waals surface area contributed by atoms with Gasteiger partial charge in [0.1, 0.15) is 17.4 Å². The Bertz CT molecular complexity index is 1410. The Kier molecular flexibility index (Phi) is 4.94. The summed E-state index contributed by atoms with van der Waals surface area (Å²) >= 11 is 6.25. The molecule has 1 fully saturated rings. The summed E-state index contributed by atoms with van der Waals surface area (Å²) in [4.78, 5) is 52.6. The van der Waals surface area contributed by atoms with Gasteiger partial charge in [-0.15, -0.1) is 0 Å². The van der Waals surface area contributed by atoms with E-state index in [4.69, 9.17) is 11.6 Å². The van der Waals surface area contributed by atoms with E-state index in [2.05, 4.69) is 0 Å². The van der Waals surface area contributed by atoms with E-state index in [0.29, 0.717) is 16.3 Å². The van der Waals surface area contributed by atoms with Crippen molar-refractivity contribution >= 4 is 40.7 Å². The Hall–Kier alpha value is -4.11. The number of amides is 3. The third kappa shape index (κ3) is 3.08. The van der Waals surface area contributed by atoms with Crippen LogP contribution in [0.3, 0.4) is 0 Å². The van der Waals surface area contributed by atoms with Crippen LogP contribution in [0.4, 0.5) is 15.8 Å². The molecule has 2 aliphatic rings. The van der Waals surface area contributed by atoms with Crippen molar-refractivity contribution in [3.8, 4) is 0 Å². The van der Waals surface area contributed by atoms with Gasteiger partial charge in [-0.3, -0.25) is 29.4 Å². The van der Waals surface area contributed by atoms with Crippen LogP contribution in [0.25, 0.3) is 0 Å². The van der Waals surface area contributed by atoms with Crippen molar-refractivity contribution in [1.82, 2.24) is 4.90 Å². The van der Waals surface area contributed by atoms with E-state index < -0.39 is 46.2 Å². The molecule has 0 bridgehead atoms. The predicted molar refractivity (Wildman–Crippen MR) is 120 cm³/mol. The number of imide groups is 1. The average molecular weight is 480 g/mol. The van der Waals surface area contributed by atoms with Gasteiger partial charge in [-0.25, -0.2) is 4.39 Å². The van der Waals surface area contributed by atoms with E-state index >= 15 is 0 Å². The molecule has 0 N–H and O–H groups in total. The minimum absolute atomic E-state index is 0.137. The second-order valence-corrected chi connectivity index (χ2v) is 8.43. The number of benzene rings is 3. The van der Waals surface area contributed by atoms with Crippen molar-refractivity contribution in [1.29, 1.82) is 0 Å². The van der Waals surface area contributed by atoms with Crippen LogP contribution in [-0.2, 0) is 4.79 Å².